The molecule has 1 fully saturated rings. The van der Waals surface area contributed by atoms with Crippen molar-refractivity contribution < 1.29 is 13.2 Å². The molecule has 1 aliphatic heterocycles. The highest BCUT2D eigenvalue weighted by Gasteiger charge is 2.28. The largest absolute Gasteiger partial charge is 0.345 e. The van der Waals surface area contributed by atoms with Gasteiger partial charge in [-0.1, -0.05) is 35.6 Å². The first-order valence-electron chi connectivity index (χ1n) is 7.34. The maximum Gasteiger partial charge on any atom is 0.223 e. The molecule has 1 amide bonds. The molecular weight excluding hydrogens is 336 g/mol. The third-order valence-electron chi connectivity index (χ3n) is 3.74. The van der Waals surface area contributed by atoms with Gasteiger partial charge in [0, 0.05) is 24.6 Å². The zero-order valence-corrected chi connectivity index (χ0v) is 14.5. The van der Waals surface area contributed by atoms with Gasteiger partial charge in [0.05, 0.1) is 17.8 Å². The highest BCUT2D eigenvalue weighted by Crippen LogP contribution is 2.19. The summed E-state index contributed by atoms with van der Waals surface area (Å²) in [6, 6.07) is 7.26. The van der Waals surface area contributed by atoms with Crippen LogP contribution in [0.15, 0.2) is 24.3 Å². The fourth-order valence-corrected chi connectivity index (χ4v) is 3.48. The van der Waals surface area contributed by atoms with Crippen LogP contribution in [0, 0.1) is 17.8 Å². The monoisotopic (exact) mass is 354 g/mol. The lowest BCUT2D eigenvalue weighted by atomic mass is 9.97. The van der Waals surface area contributed by atoms with Crippen molar-refractivity contribution in [3.63, 3.8) is 0 Å². The lowest BCUT2D eigenvalue weighted by Gasteiger charge is -2.29. The van der Waals surface area contributed by atoms with E-state index in [4.69, 9.17) is 11.6 Å². The number of benzene rings is 1. The van der Waals surface area contributed by atoms with Crippen molar-refractivity contribution in [1.82, 2.24) is 9.62 Å². The Hall–Kier alpha value is -1.55. The van der Waals surface area contributed by atoms with E-state index in [0.717, 1.165) is 5.56 Å². The fourth-order valence-electron chi connectivity index (χ4n) is 2.43. The number of hydrogen-bond acceptors (Lipinski definition) is 3. The molecule has 1 aromatic rings. The Morgan fingerprint density at radius 1 is 1.35 bits per heavy atom. The molecule has 0 atom stereocenters. The van der Waals surface area contributed by atoms with Gasteiger partial charge in [-0.05, 0) is 25.0 Å². The lowest BCUT2D eigenvalue weighted by molar-refractivity contribution is -0.125. The number of rotatable bonds is 3. The Balaban J connectivity index is 1.80. The van der Waals surface area contributed by atoms with Crippen molar-refractivity contribution in [3.05, 3.63) is 34.9 Å². The standard InChI is InChI=1S/C16H19ClN2O3S/c1-23(21,22)19-11-8-14(9-12-19)16(20)18-10-4-6-13-5-2-3-7-15(13)17/h2-3,5,7,14H,8-12H2,1H3,(H,18,20). The molecule has 1 aliphatic rings. The van der Waals surface area contributed by atoms with Gasteiger partial charge in [0.15, 0.2) is 0 Å². The first kappa shape index (κ1) is 17.8. The molecule has 1 saturated heterocycles. The third kappa shape index (κ3) is 5.24. The number of carbonyl (C=O) groups excluding carboxylic acids is 1. The van der Waals surface area contributed by atoms with Crippen LogP contribution >= 0.6 is 11.6 Å². The van der Waals surface area contributed by atoms with Crippen LogP contribution in [0.2, 0.25) is 5.02 Å². The molecule has 1 heterocycles. The summed E-state index contributed by atoms with van der Waals surface area (Å²) >= 11 is 5.99. The molecule has 0 radical (unpaired) electrons. The predicted molar refractivity (Wildman–Crippen MR) is 90.5 cm³/mol. The fraction of sp³-hybridized carbons (Fsp3) is 0.438. The Labute approximate surface area is 142 Å². The Morgan fingerprint density at radius 3 is 2.61 bits per heavy atom. The second kappa shape index (κ2) is 7.82. The minimum atomic E-state index is -3.16. The number of piperidine rings is 1. The molecule has 2 rings (SSSR count). The summed E-state index contributed by atoms with van der Waals surface area (Å²) in [4.78, 5) is 12.1. The zero-order valence-electron chi connectivity index (χ0n) is 12.9. The van der Waals surface area contributed by atoms with E-state index in [9.17, 15) is 13.2 Å². The Morgan fingerprint density at radius 2 is 2.00 bits per heavy atom. The second-order valence-corrected chi connectivity index (χ2v) is 7.83. The van der Waals surface area contributed by atoms with Crippen LogP contribution in [-0.2, 0) is 14.8 Å². The predicted octanol–water partition coefficient (Wildman–Crippen LogP) is 1.48. The molecule has 7 heteroatoms. The van der Waals surface area contributed by atoms with Gasteiger partial charge in [0.1, 0.15) is 0 Å². The lowest BCUT2D eigenvalue weighted by Crippen LogP contribution is -2.42. The molecule has 5 nitrogen and oxygen atoms in total. The molecule has 0 aliphatic carbocycles. The molecule has 0 spiro atoms. The van der Waals surface area contributed by atoms with Crippen LogP contribution in [0.1, 0.15) is 18.4 Å². The number of nitrogens with zero attached hydrogens (tertiary/aromatic N) is 1. The van der Waals surface area contributed by atoms with E-state index in [2.05, 4.69) is 17.2 Å². The molecule has 0 unspecified atom stereocenters. The third-order valence-corrected chi connectivity index (χ3v) is 5.37. The van der Waals surface area contributed by atoms with Gasteiger partial charge in [0.25, 0.3) is 0 Å². The van der Waals surface area contributed by atoms with E-state index >= 15 is 0 Å². The summed E-state index contributed by atoms with van der Waals surface area (Å²) in [6.45, 7) is 1.03. The summed E-state index contributed by atoms with van der Waals surface area (Å²) in [5.74, 6) is 5.55. The van der Waals surface area contributed by atoms with Gasteiger partial charge in [0.2, 0.25) is 15.9 Å². The topological polar surface area (TPSA) is 66.5 Å². The normalized spacial score (nSPS) is 16.4. The minimum Gasteiger partial charge on any atom is -0.345 e. The van der Waals surface area contributed by atoms with Gasteiger partial charge in [-0.3, -0.25) is 4.79 Å². The van der Waals surface area contributed by atoms with Gasteiger partial charge < -0.3 is 5.32 Å². The van der Waals surface area contributed by atoms with E-state index in [1.54, 1.807) is 6.07 Å². The van der Waals surface area contributed by atoms with Crippen LogP contribution in [-0.4, -0.2) is 44.5 Å². The summed E-state index contributed by atoms with van der Waals surface area (Å²) in [5.41, 5.74) is 0.727. The first-order chi connectivity index (χ1) is 10.9. The summed E-state index contributed by atoms with van der Waals surface area (Å²) in [7, 11) is -3.16. The Kier molecular flexibility index (Phi) is 6.05. The molecule has 0 bridgehead atoms. The van der Waals surface area contributed by atoms with E-state index in [-0.39, 0.29) is 18.4 Å². The summed E-state index contributed by atoms with van der Waals surface area (Å²) < 4.78 is 24.3. The maximum atomic E-state index is 12.1. The number of halogens is 1. The Bertz CT molecular complexity index is 729. The van der Waals surface area contributed by atoms with Crippen LogP contribution in [0.3, 0.4) is 0 Å². The van der Waals surface area contributed by atoms with Crippen LogP contribution < -0.4 is 5.32 Å². The smallest absolute Gasteiger partial charge is 0.223 e. The minimum absolute atomic E-state index is 0.0772. The molecular formula is C16H19ClN2O3S. The van der Waals surface area contributed by atoms with Crippen molar-refractivity contribution in [1.29, 1.82) is 0 Å². The van der Waals surface area contributed by atoms with E-state index < -0.39 is 10.0 Å². The molecule has 23 heavy (non-hydrogen) atoms. The van der Waals surface area contributed by atoms with Gasteiger partial charge >= 0.3 is 0 Å². The van der Waals surface area contributed by atoms with Crippen molar-refractivity contribution in [2.75, 3.05) is 25.9 Å². The average molecular weight is 355 g/mol. The molecule has 1 aromatic carbocycles. The molecule has 0 aromatic heterocycles. The number of amides is 1. The van der Waals surface area contributed by atoms with E-state index in [1.165, 1.54) is 10.6 Å². The zero-order chi connectivity index (χ0) is 16.9. The average Bonchev–Trinajstić information content (AvgIpc) is 2.52. The van der Waals surface area contributed by atoms with Crippen molar-refractivity contribution >= 4 is 27.5 Å². The van der Waals surface area contributed by atoms with Crippen molar-refractivity contribution in [3.8, 4) is 11.8 Å². The molecule has 1 N–H and O–H groups in total. The van der Waals surface area contributed by atoms with Crippen molar-refractivity contribution in [2.24, 2.45) is 5.92 Å². The molecule has 124 valence electrons. The quantitative estimate of drug-likeness (QED) is 0.836. The van der Waals surface area contributed by atoms with Gasteiger partial charge in [-0.2, -0.15) is 0 Å². The van der Waals surface area contributed by atoms with Gasteiger partial charge in [-0.15, -0.1) is 0 Å². The van der Waals surface area contributed by atoms with Crippen LogP contribution in [0.5, 0.6) is 0 Å². The van der Waals surface area contributed by atoms with Crippen LogP contribution in [0.25, 0.3) is 0 Å². The number of sulfonamides is 1. The number of hydrogen-bond donors (Lipinski definition) is 1. The van der Waals surface area contributed by atoms with E-state index in [1.807, 2.05) is 18.2 Å². The highest BCUT2D eigenvalue weighted by molar-refractivity contribution is 7.88. The molecule has 0 saturated carbocycles. The SMILES string of the molecule is CS(=O)(=O)N1CCC(C(=O)NCC#Cc2ccccc2Cl)CC1. The second-order valence-electron chi connectivity index (χ2n) is 5.44. The van der Waals surface area contributed by atoms with Crippen molar-refractivity contribution in [2.45, 2.75) is 12.8 Å². The first-order valence-corrected chi connectivity index (χ1v) is 9.57. The highest BCUT2D eigenvalue weighted by atomic mass is 35.5. The number of carbonyl (C=O) groups is 1. The number of nitrogens with one attached hydrogen (secondary N) is 1. The maximum absolute atomic E-state index is 12.1. The van der Waals surface area contributed by atoms with Gasteiger partial charge in [-0.25, -0.2) is 12.7 Å². The van der Waals surface area contributed by atoms with E-state index in [0.29, 0.717) is 31.0 Å². The summed E-state index contributed by atoms with van der Waals surface area (Å²) in [5, 5.41) is 3.35. The summed E-state index contributed by atoms with van der Waals surface area (Å²) in [6.07, 6.45) is 2.27. The van der Waals surface area contributed by atoms with Crippen LogP contribution in [0.4, 0.5) is 0 Å².